The normalized spacial score (nSPS) is 12.4. The number of hydrogen-bond donors (Lipinski definition) is 2. The second kappa shape index (κ2) is 6.08. The summed E-state index contributed by atoms with van der Waals surface area (Å²) in [6.07, 6.45) is 4.17. The molecule has 2 aromatic heterocycles. The van der Waals surface area contributed by atoms with Crippen LogP contribution in [0.1, 0.15) is 24.5 Å². The van der Waals surface area contributed by atoms with Crippen LogP contribution in [0.4, 0.5) is 4.39 Å². The van der Waals surface area contributed by atoms with E-state index in [-0.39, 0.29) is 24.4 Å². The van der Waals surface area contributed by atoms with Gasteiger partial charge in [-0.2, -0.15) is 0 Å². The van der Waals surface area contributed by atoms with E-state index in [0.29, 0.717) is 17.2 Å². The average Bonchev–Trinajstić information content (AvgIpc) is 3.13. The number of halogens is 1. The smallest absolute Gasteiger partial charge is 0.314 e. The van der Waals surface area contributed by atoms with Crippen LogP contribution in [0.25, 0.3) is 22.0 Å². The predicted octanol–water partition coefficient (Wildman–Crippen LogP) is 3.71. The quantitative estimate of drug-likeness (QED) is 0.679. The molecule has 0 bridgehead atoms. The van der Waals surface area contributed by atoms with Crippen LogP contribution in [0, 0.1) is 5.82 Å². The molecule has 0 aliphatic carbocycles. The molecule has 3 rings (SSSR count). The molecule has 6 heteroatoms. The molecule has 118 valence electrons. The van der Waals surface area contributed by atoms with Gasteiger partial charge in [-0.15, -0.1) is 0 Å². The first kappa shape index (κ1) is 15.0. The van der Waals surface area contributed by atoms with Gasteiger partial charge >= 0.3 is 5.97 Å². The minimum atomic E-state index is -1.04. The Kier molecular flexibility index (Phi) is 3.97. The SMILES string of the molecule is O=CCCC(C(=O)O)c1cc(-c2c[nH]c3ccc(F)cc23)co1. The topological polar surface area (TPSA) is 83.3 Å². The van der Waals surface area contributed by atoms with Crippen LogP contribution in [0.3, 0.4) is 0 Å². The number of hydrogen-bond acceptors (Lipinski definition) is 3. The summed E-state index contributed by atoms with van der Waals surface area (Å²) in [7, 11) is 0. The van der Waals surface area contributed by atoms with Crippen molar-refractivity contribution >= 4 is 23.2 Å². The van der Waals surface area contributed by atoms with Crippen molar-refractivity contribution in [1.82, 2.24) is 4.98 Å². The molecule has 1 aromatic carbocycles. The highest BCUT2D eigenvalue weighted by atomic mass is 19.1. The third-order valence-corrected chi connectivity index (χ3v) is 3.79. The number of fused-ring (bicyclic) bond motifs is 1. The van der Waals surface area contributed by atoms with Gasteiger partial charge in [-0.25, -0.2) is 4.39 Å². The molecule has 2 heterocycles. The summed E-state index contributed by atoms with van der Waals surface area (Å²) >= 11 is 0. The van der Waals surface area contributed by atoms with Crippen molar-refractivity contribution in [3.63, 3.8) is 0 Å². The van der Waals surface area contributed by atoms with Crippen molar-refractivity contribution in [2.75, 3.05) is 0 Å². The Balaban J connectivity index is 1.98. The van der Waals surface area contributed by atoms with Gasteiger partial charge in [0.1, 0.15) is 23.8 Å². The highest BCUT2D eigenvalue weighted by Gasteiger charge is 2.23. The number of carboxylic acid groups (broad SMARTS) is 1. The summed E-state index contributed by atoms with van der Waals surface area (Å²) in [5.41, 5.74) is 2.17. The van der Waals surface area contributed by atoms with Crippen LogP contribution in [-0.4, -0.2) is 22.3 Å². The number of aromatic nitrogens is 1. The number of rotatable bonds is 6. The zero-order valence-electron chi connectivity index (χ0n) is 12.1. The first-order valence-corrected chi connectivity index (χ1v) is 7.12. The number of carboxylic acids is 1. The first-order valence-electron chi connectivity index (χ1n) is 7.12. The first-order chi connectivity index (χ1) is 11.1. The zero-order valence-corrected chi connectivity index (χ0v) is 12.1. The number of H-pyrrole nitrogens is 1. The summed E-state index contributed by atoms with van der Waals surface area (Å²) in [4.78, 5) is 24.8. The van der Waals surface area contributed by atoms with Crippen LogP contribution >= 0.6 is 0 Å². The summed E-state index contributed by atoms with van der Waals surface area (Å²) in [6, 6.07) is 6.04. The third kappa shape index (κ3) is 2.88. The fourth-order valence-corrected chi connectivity index (χ4v) is 2.63. The Hall–Kier alpha value is -2.89. The zero-order chi connectivity index (χ0) is 16.4. The summed E-state index contributed by atoms with van der Waals surface area (Å²) in [6.45, 7) is 0. The molecular weight excluding hydrogens is 301 g/mol. The van der Waals surface area contributed by atoms with E-state index in [9.17, 15) is 19.1 Å². The van der Waals surface area contributed by atoms with E-state index >= 15 is 0 Å². The Morgan fingerprint density at radius 3 is 2.96 bits per heavy atom. The van der Waals surface area contributed by atoms with E-state index in [1.807, 2.05) is 0 Å². The monoisotopic (exact) mass is 315 g/mol. The van der Waals surface area contributed by atoms with Crippen molar-refractivity contribution in [2.24, 2.45) is 0 Å². The van der Waals surface area contributed by atoms with E-state index < -0.39 is 11.9 Å². The summed E-state index contributed by atoms with van der Waals surface area (Å²) in [5, 5.41) is 9.96. The molecular formula is C17H14FNO4. The van der Waals surface area contributed by atoms with Crippen LogP contribution in [0.5, 0.6) is 0 Å². The molecule has 0 radical (unpaired) electrons. The van der Waals surface area contributed by atoms with E-state index in [0.717, 1.165) is 11.1 Å². The predicted molar refractivity (Wildman–Crippen MR) is 81.6 cm³/mol. The van der Waals surface area contributed by atoms with Gasteiger partial charge in [-0.05, 0) is 30.7 Å². The Morgan fingerprint density at radius 2 is 2.22 bits per heavy atom. The molecule has 0 aliphatic rings. The molecule has 2 N–H and O–H groups in total. The molecule has 3 aromatic rings. The van der Waals surface area contributed by atoms with Gasteiger partial charge in [0.05, 0.1) is 6.26 Å². The number of nitrogens with one attached hydrogen (secondary N) is 1. The van der Waals surface area contributed by atoms with E-state index in [4.69, 9.17) is 4.42 Å². The molecule has 23 heavy (non-hydrogen) atoms. The van der Waals surface area contributed by atoms with Crippen molar-refractivity contribution in [1.29, 1.82) is 0 Å². The molecule has 0 fully saturated rings. The molecule has 0 amide bonds. The highest BCUT2D eigenvalue weighted by Crippen LogP contribution is 2.33. The van der Waals surface area contributed by atoms with Crippen molar-refractivity contribution in [3.05, 3.63) is 48.3 Å². The summed E-state index contributed by atoms with van der Waals surface area (Å²) < 4.78 is 18.8. The number of carbonyl (C=O) groups is 2. The lowest BCUT2D eigenvalue weighted by atomic mass is 9.99. The third-order valence-electron chi connectivity index (χ3n) is 3.79. The van der Waals surface area contributed by atoms with Crippen molar-refractivity contribution < 1.29 is 23.5 Å². The molecule has 0 saturated carbocycles. The molecule has 0 saturated heterocycles. The Morgan fingerprint density at radius 1 is 1.39 bits per heavy atom. The number of aliphatic carboxylic acids is 1. The lowest BCUT2D eigenvalue weighted by molar-refractivity contribution is -0.139. The van der Waals surface area contributed by atoms with Crippen LogP contribution in [-0.2, 0) is 9.59 Å². The molecule has 0 spiro atoms. The van der Waals surface area contributed by atoms with Crippen LogP contribution in [0.2, 0.25) is 0 Å². The van der Waals surface area contributed by atoms with Gasteiger partial charge in [0.15, 0.2) is 0 Å². The van der Waals surface area contributed by atoms with Gasteiger partial charge < -0.3 is 19.3 Å². The minimum Gasteiger partial charge on any atom is -0.481 e. The standard InChI is InChI=1S/C17H14FNO4/c18-11-3-4-15-13(7-11)14(8-19-15)10-6-16(23-9-10)12(17(21)22)2-1-5-20/h3-9,12,19H,1-2H2,(H,21,22). The van der Waals surface area contributed by atoms with Gasteiger partial charge in [0.2, 0.25) is 0 Å². The van der Waals surface area contributed by atoms with E-state index in [1.165, 1.54) is 18.4 Å². The summed E-state index contributed by atoms with van der Waals surface area (Å²) in [5.74, 6) is -2.00. The fourth-order valence-electron chi connectivity index (χ4n) is 2.63. The highest BCUT2D eigenvalue weighted by molar-refractivity contribution is 5.95. The lowest BCUT2D eigenvalue weighted by Gasteiger charge is -2.06. The fraction of sp³-hybridized carbons (Fsp3) is 0.176. The van der Waals surface area contributed by atoms with Crippen LogP contribution in [0.15, 0.2) is 41.1 Å². The van der Waals surface area contributed by atoms with Crippen molar-refractivity contribution in [2.45, 2.75) is 18.8 Å². The maximum Gasteiger partial charge on any atom is 0.314 e. The molecule has 1 atom stereocenters. The maximum atomic E-state index is 13.4. The second-order valence-corrected chi connectivity index (χ2v) is 5.26. The van der Waals surface area contributed by atoms with Crippen LogP contribution < -0.4 is 0 Å². The second-order valence-electron chi connectivity index (χ2n) is 5.26. The minimum absolute atomic E-state index is 0.144. The van der Waals surface area contributed by atoms with E-state index in [2.05, 4.69) is 4.98 Å². The number of benzene rings is 1. The van der Waals surface area contributed by atoms with Gasteiger partial charge in [-0.3, -0.25) is 4.79 Å². The Bertz CT molecular complexity index is 864. The van der Waals surface area contributed by atoms with Gasteiger partial charge in [0, 0.05) is 34.6 Å². The van der Waals surface area contributed by atoms with Crippen molar-refractivity contribution in [3.8, 4) is 11.1 Å². The largest absolute Gasteiger partial charge is 0.481 e. The van der Waals surface area contributed by atoms with Gasteiger partial charge in [-0.1, -0.05) is 0 Å². The molecule has 0 aliphatic heterocycles. The van der Waals surface area contributed by atoms with E-state index in [1.54, 1.807) is 18.3 Å². The number of furan rings is 1. The number of aromatic amines is 1. The number of aldehydes is 1. The Labute approximate surface area is 130 Å². The average molecular weight is 315 g/mol. The number of carbonyl (C=O) groups excluding carboxylic acids is 1. The lowest BCUT2D eigenvalue weighted by Crippen LogP contribution is -2.10. The van der Waals surface area contributed by atoms with Gasteiger partial charge in [0.25, 0.3) is 0 Å². The maximum absolute atomic E-state index is 13.4. The molecule has 1 unspecified atom stereocenters. The molecule has 5 nitrogen and oxygen atoms in total.